The first-order valence-corrected chi connectivity index (χ1v) is 11.3. The van der Waals surface area contributed by atoms with Crippen LogP contribution < -0.4 is 24.8 Å². The van der Waals surface area contributed by atoms with E-state index in [1.54, 1.807) is 48.5 Å². The normalized spacial score (nSPS) is 10.7. The fourth-order valence-electron chi connectivity index (χ4n) is 3.32. The number of nitriles is 1. The number of nitrogens with one attached hydrogen (secondary N) is 2. The van der Waals surface area contributed by atoms with Crippen LogP contribution in [0.3, 0.4) is 0 Å². The third-order valence-electron chi connectivity index (χ3n) is 4.96. The minimum Gasteiger partial charge on any atom is -0.495 e. The van der Waals surface area contributed by atoms with Crippen LogP contribution in [0, 0.1) is 18.3 Å². The first kappa shape index (κ1) is 25.8. The summed E-state index contributed by atoms with van der Waals surface area (Å²) in [6.45, 7) is 3.83. The smallest absolute Gasteiger partial charge is 0.266 e. The third kappa shape index (κ3) is 7.11. The van der Waals surface area contributed by atoms with Gasteiger partial charge in [0.25, 0.3) is 11.8 Å². The number of hydrogen-bond donors (Lipinski definition) is 2. The van der Waals surface area contributed by atoms with Gasteiger partial charge in [-0.1, -0.05) is 30.3 Å². The van der Waals surface area contributed by atoms with E-state index in [1.165, 1.54) is 13.2 Å². The van der Waals surface area contributed by atoms with Crippen molar-refractivity contribution in [3.8, 4) is 23.3 Å². The van der Waals surface area contributed by atoms with Gasteiger partial charge in [0, 0.05) is 5.69 Å². The lowest BCUT2D eigenvalue weighted by Crippen LogP contribution is -2.20. The molecule has 3 aromatic rings. The number of ether oxygens (including phenoxy) is 3. The number of carbonyl (C=O) groups excluding carboxylic acids is 2. The number of amides is 2. The number of rotatable bonds is 10. The molecule has 8 nitrogen and oxygen atoms in total. The molecule has 0 atom stereocenters. The Morgan fingerprint density at radius 1 is 0.944 bits per heavy atom. The van der Waals surface area contributed by atoms with E-state index < -0.39 is 5.91 Å². The first-order chi connectivity index (χ1) is 17.4. The Bertz CT molecular complexity index is 1310. The van der Waals surface area contributed by atoms with Crippen molar-refractivity contribution in [3.05, 3.63) is 83.4 Å². The molecule has 0 fully saturated rings. The van der Waals surface area contributed by atoms with Crippen molar-refractivity contribution in [2.45, 2.75) is 13.8 Å². The Morgan fingerprint density at radius 3 is 2.47 bits per heavy atom. The number of carbonyl (C=O) groups is 2. The number of anilines is 2. The van der Waals surface area contributed by atoms with Crippen LogP contribution >= 0.6 is 0 Å². The zero-order valence-electron chi connectivity index (χ0n) is 20.3. The summed E-state index contributed by atoms with van der Waals surface area (Å²) < 4.78 is 16.6. The number of hydrogen-bond acceptors (Lipinski definition) is 6. The van der Waals surface area contributed by atoms with Gasteiger partial charge in [0.15, 0.2) is 18.1 Å². The van der Waals surface area contributed by atoms with Crippen LogP contribution in [-0.2, 0) is 9.59 Å². The Hall–Kier alpha value is -4.77. The second-order valence-electron chi connectivity index (χ2n) is 7.67. The lowest BCUT2D eigenvalue weighted by Gasteiger charge is -2.14. The molecule has 36 heavy (non-hydrogen) atoms. The number of benzene rings is 3. The second kappa shape index (κ2) is 12.6. The summed E-state index contributed by atoms with van der Waals surface area (Å²) in [6.07, 6.45) is 1.46. The van der Waals surface area contributed by atoms with E-state index in [2.05, 4.69) is 10.6 Å². The van der Waals surface area contributed by atoms with Crippen LogP contribution in [0.1, 0.15) is 18.1 Å². The van der Waals surface area contributed by atoms with Gasteiger partial charge in [-0.15, -0.1) is 0 Å². The minimum atomic E-state index is -0.519. The zero-order valence-corrected chi connectivity index (χ0v) is 20.3. The number of nitrogens with zero attached hydrogens (tertiary/aromatic N) is 1. The number of para-hydroxylation sites is 2. The molecule has 0 radical (unpaired) electrons. The van der Waals surface area contributed by atoms with Gasteiger partial charge < -0.3 is 24.8 Å². The maximum atomic E-state index is 12.6. The Kier molecular flexibility index (Phi) is 9.06. The summed E-state index contributed by atoms with van der Waals surface area (Å²) in [7, 11) is 1.52. The molecule has 0 aliphatic heterocycles. The summed E-state index contributed by atoms with van der Waals surface area (Å²) in [5.41, 5.74) is 2.63. The first-order valence-electron chi connectivity index (χ1n) is 11.3. The van der Waals surface area contributed by atoms with Gasteiger partial charge >= 0.3 is 0 Å². The lowest BCUT2D eigenvalue weighted by molar-refractivity contribution is -0.118. The molecule has 0 heterocycles. The molecule has 2 amide bonds. The molecule has 3 aromatic carbocycles. The highest BCUT2D eigenvalue weighted by Crippen LogP contribution is 2.30. The van der Waals surface area contributed by atoms with Crippen LogP contribution in [0.15, 0.2) is 72.3 Å². The molecule has 0 saturated heterocycles. The largest absolute Gasteiger partial charge is 0.495 e. The summed E-state index contributed by atoms with van der Waals surface area (Å²) in [5.74, 6) is 0.385. The monoisotopic (exact) mass is 485 g/mol. The molecule has 0 bridgehead atoms. The molecule has 8 heteroatoms. The van der Waals surface area contributed by atoms with Crippen molar-refractivity contribution in [2.75, 3.05) is 31.0 Å². The SMILES string of the molecule is CCOc1cc(C=C(C#N)C(=O)Nc2cccc(C)c2)ccc1OCC(=O)Nc1ccccc1OC. The topological polar surface area (TPSA) is 110 Å². The van der Waals surface area contributed by atoms with E-state index in [0.717, 1.165) is 5.56 Å². The maximum absolute atomic E-state index is 12.6. The summed E-state index contributed by atoms with van der Waals surface area (Å²) in [6, 6.07) is 21.3. The van der Waals surface area contributed by atoms with Crippen molar-refractivity contribution in [2.24, 2.45) is 0 Å². The predicted octanol–water partition coefficient (Wildman–Crippen LogP) is 4.97. The summed E-state index contributed by atoms with van der Waals surface area (Å²) in [4.78, 5) is 25.0. The van der Waals surface area contributed by atoms with Gasteiger partial charge in [-0.05, 0) is 67.4 Å². The van der Waals surface area contributed by atoms with Gasteiger partial charge in [0.05, 0.1) is 19.4 Å². The Balaban J connectivity index is 1.71. The number of aryl methyl sites for hydroxylation is 1. The van der Waals surface area contributed by atoms with Crippen LogP contribution in [0.5, 0.6) is 17.2 Å². The molecule has 3 rings (SSSR count). The molecule has 0 spiro atoms. The second-order valence-corrected chi connectivity index (χ2v) is 7.67. The van der Waals surface area contributed by atoms with Crippen LogP contribution in [0.4, 0.5) is 11.4 Å². The van der Waals surface area contributed by atoms with E-state index in [9.17, 15) is 14.9 Å². The molecule has 184 valence electrons. The molecule has 2 N–H and O–H groups in total. The lowest BCUT2D eigenvalue weighted by atomic mass is 10.1. The molecule has 0 aliphatic rings. The van der Waals surface area contributed by atoms with Gasteiger partial charge in [-0.25, -0.2) is 0 Å². The average Bonchev–Trinajstić information content (AvgIpc) is 2.87. The highest BCUT2D eigenvalue weighted by atomic mass is 16.5. The molecule has 0 aromatic heterocycles. The van der Waals surface area contributed by atoms with E-state index in [0.29, 0.717) is 40.8 Å². The van der Waals surface area contributed by atoms with Crippen LogP contribution in [-0.4, -0.2) is 32.1 Å². The van der Waals surface area contributed by atoms with Gasteiger partial charge in [-0.2, -0.15) is 5.26 Å². The van der Waals surface area contributed by atoms with E-state index in [4.69, 9.17) is 14.2 Å². The van der Waals surface area contributed by atoms with Crippen molar-refractivity contribution < 1.29 is 23.8 Å². The van der Waals surface area contributed by atoms with Crippen molar-refractivity contribution in [3.63, 3.8) is 0 Å². The molecule has 0 saturated carbocycles. The van der Waals surface area contributed by atoms with Gasteiger partial charge in [0.1, 0.15) is 17.4 Å². The zero-order chi connectivity index (χ0) is 25.9. The third-order valence-corrected chi connectivity index (χ3v) is 4.96. The van der Waals surface area contributed by atoms with Crippen molar-refractivity contribution >= 4 is 29.3 Å². The summed E-state index contributed by atoms with van der Waals surface area (Å²) >= 11 is 0. The quantitative estimate of drug-likeness (QED) is 0.310. The molecular weight excluding hydrogens is 458 g/mol. The van der Waals surface area contributed by atoms with E-state index in [1.807, 2.05) is 38.1 Å². The van der Waals surface area contributed by atoms with Gasteiger partial charge in [0.2, 0.25) is 0 Å². The molecular formula is C28H27N3O5. The van der Waals surface area contributed by atoms with Crippen molar-refractivity contribution in [1.29, 1.82) is 5.26 Å². The number of methoxy groups -OCH3 is 1. The predicted molar refractivity (Wildman–Crippen MR) is 138 cm³/mol. The minimum absolute atomic E-state index is 0.0659. The van der Waals surface area contributed by atoms with Crippen LogP contribution in [0.2, 0.25) is 0 Å². The van der Waals surface area contributed by atoms with Crippen LogP contribution in [0.25, 0.3) is 6.08 Å². The molecule has 0 unspecified atom stereocenters. The fourth-order valence-corrected chi connectivity index (χ4v) is 3.32. The Morgan fingerprint density at radius 2 is 1.75 bits per heavy atom. The Labute approximate surface area is 210 Å². The van der Waals surface area contributed by atoms with Crippen molar-refractivity contribution in [1.82, 2.24) is 0 Å². The maximum Gasteiger partial charge on any atom is 0.266 e. The highest BCUT2D eigenvalue weighted by Gasteiger charge is 2.13. The fraction of sp³-hybridized carbons (Fsp3) is 0.179. The van der Waals surface area contributed by atoms with E-state index in [-0.39, 0.29) is 18.1 Å². The van der Waals surface area contributed by atoms with Gasteiger partial charge in [-0.3, -0.25) is 9.59 Å². The van der Waals surface area contributed by atoms with E-state index >= 15 is 0 Å². The molecule has 0 aliphatic carbocycles. The standard InChI is InChI=1S/C28H27N3O5/c1-4-35-26-16-20(15-21(17-29)28(33)30-22-9-7-8-19(2)14-22)12-13-25(26)36-18-27(32)31-23-10-5-6-11-24(23)34-3/h5-16H,4,18H2,1-3H3,(H,30,33)(H,31,32). The highest BCUT2D eigenvalue weighted by molar-refractivity contribution is 6.09. The average molecular weight is 486 g/mol. The summed E-state index contributed by atoms with van der Waals surface area (Å²) in [5, 5.41) is 15.0.